The monoisotopic (exact) mass is 223 g/mol. The van der Waals surface area contributed by atoms with Crippen LogP contribution in [0.4, 0.5) is 5.69 Å². The fraction of sp³-hybridized carbons (Fsp3) is 0.583. The third-order valence-electron chi connectivity index (χ3n) is 2.15. The number of carbonyl (C=O) groups excluding carboxylic acids is 1. The second-order valence-corrected chi connectivity index (χ2v) is 5.36. The lowest BCUT2D eigenvalue weighted by atomic mass is 10.1. The predicted octanol–water partition coefficient (Wildman–Crippen LogP) is 2.18. The molecule has 0 atom stereocenters. The first-order chi connectivity index (χ1) is 7.20. The Morgan fingerprint density at radius 3 is 2.44 bits per heavy atom. The lowest BCUT2D eigenvalue weighted by Gasteiger charge is -2.21. The highest BCUT2D eigenvalue weighted by Crippen LogP contribution is 2.17. The topological polar surface area (TPSA) is 60.0 Å². The van der Waals surface area contributed by atoms with Crippen LogP contribution in [-0.4, -0.2) is 16.0 Å². The number of amides is 1. The summed E-state index contributed by atoms with van der Waals surface area (Å²) in [6, 6.07) is 1.93. The molecule has 0 aliphatic carbocycles. The van der Waals surface area contributed by atoms with Crippen LogP contribution >= 0.6 is 0 Å². The summed E-state index contributed by atoms with van der Waals surface area (Å²) in [5, 5.41) is 2.93. The Bertz CT molecular complexity index is 385. The van der Waals surface area contributed by atoms with Crippen LogP contribution in [0.25, 0.3) is 0 Å². The van der Waals surface area contributed by atoms with E-state index >= 15 is 0 Å². The van der Waals surface area contributed by atoms with E-state index in [0.717, 1.165) is 0 Å². The van der Waals surface area contributed by atoms with Gasteiger partial charge in [0.25, 0.3) is 5.91 Å². The van der Waals surface area contributed by atoms with Gasteiger partial charge in [-0.05, 0) is 40.7 Å². The maximum atomic E-state index is 12.0. The van der Waals surface area contributed by atoms with Gasteiger partial charge in [-0.1, -0.05) is 0 Å². The molecule has 0 bridgehead atoms. The molecule has 0 aliphatic heterocycles. The van der Waals surface area contributed by atoms with Gasteiger partial charge in [0.05, 0.1) is 5.69 Å². The molecule has 0 fully saturated rings. The molecule has 90 valence electrons. The molecule has 1 aromatic rings. The molecule has 16 heavy (non-hydrogen) atoms. The van der Waals surface area contributed by atoms with Gasteiger partial charge >= 0.3 is 0 Å². The highest BCUT2D eigenvalue weighted by molar-refractivity contribution is 5.94. The summed E-state index contributed by atoms with van der Waals surface area (Å²) < 4.78 is 1.89. The highest BCUT2D eigenvalue weighted by atomic mass is 16.2. The lowest BCUT2D eigenvalue weighted by molar-refractivity contribution is 0.0908. The molecular weight excluding hydrogens is 202 g/mol. The van der Waals surface area contributed by atoms with Crippen molar-refractivity contribution in [1.82, 2.24) is 9.88 Å². The summed E-state index contributed by atoms with van der Waals surface area (Å²) >= 11 is 0. The van der Waals surface area contributed by atoms with Crippen LogP contribution in [0.3, 0.4) is 0 Å². The van der Waals surface area contributed by atoms with E-state index in [1.165, 1.54) is 0 Å². The lowest BCUT2D eigenvalue weighted by Crippen LogP contribution is -2.41. The van der Waals surface area contributed by atoms with Crippen molar-refractivity contribution < 1.29 is 4.79 Å². The van der Waals surface area contributed by atoms with Gasteiger partial charge in [-0.25, -0.2) is 0 Å². The predicted molar refractivity (Wildman–Crippen MR) is 66.4 cm³/mol. The smallest absolute Gasteiger partial charge is 0.268 e. The van der Waals surface area contributed by atoms with E-state index in [0.29, 0.717) is 11.4 Å². The number of nitrogens with two attached hydrogens (primary N) is 1. The molecule has 4 heteroatoms. The molecule has 1 heterocycles. The van der Waals surface area contributed by atoms with Crippen molar-refractivity contribution in [2.75, 3.05) is 5.73 Å². The van der Waals surface area contributed by atoms with E-state index < -0.39 is 0 Å². The van der Waals surface area contributed by atoms with Gasteiger partial charge in [0, 0.05) is 17.8 Å². The average molecular weight is 223 g/mol. The minimum Gasteiger partial charge on any atom is -0.397 e. The van der Waals surface area contributed by atoms with Crippen molar-refractivity contribution in [3.8, 4) is 0 Å². The quantitative estimate of drug-likeness (QED) is 0.807. The number of aromatic nitrogens is 1. The molecule has 3 N–H and O–H groups in total. The molecule has 0 saturated heterocycles. The number of nitrogens with zero attached hydrogens (tertiary/aromatic N) is 1. The fourth-order valence-electron chi connectivity index (χ4n) is 1.51. The van der Waals surface area contributed by atoms with Gasteiger partial charge in [0.15, 0.2) is 0 Å². The summed E-state index contributed by atoms with van der Waals surface area (Å²) in [6.07, 6.45) is 1.79. The normalized spacial score (nSPS) is 11.9. The molecular formula is C12H21N3O. The van der Waals surface area contributed by atoms with Gasteiger partial charge in [-0.3, -0.25) is 4.79 Å². The van der Waals surface area contributed by atoms with Crippen LogP contribution in [0.5, 0.6) is 0 Å². The molecule has 0 spiro atoms. The summed E-state index contributed by atoms with van der Waals surface area (Å²) in [4.78, 5) is 12.0. The van der Waals surface area contributed by atoms with E-state index in [2.05, 4.69) is 5.32 Å². The van der Waals surface area contributed by atoms with Crippen LogP contribution in [0.2, 0.25) is 0 Å². The molecule has 0 aliphatic rings. The van der Waals surface area contributed by atoms with Crippen molar-refractivity contribution in [3.05, 3.63) is 18.0 Å². The molecule has 0 aromatic carbocycles. The van der Waals surface area contributed by atoms with E-state index in [4.69, 9.17) is 5.73 Å². The van der Waals surface area contributed by atoms with Gasteiger partial charge in [-0.15, -0.1) is 0 Å². The van der Waals surface area contributed by atoms with Crippen molar-refractivity contribution >= 4 is 11.6 Å². The molecule has 0 saturated carbocycles. The van der Waals surface area contributed by atoms with Gasteiger partial charge in [0.2, 0.25) is 0 Å². The van der Waals surface area contributed by atoms with E-state index in [1.807, 2.05) is 39.2 Å². The third kappa shape index (κ3) is 3.02. The second-order valence-electron chi connectivity index (χ2n) is 5.36. The molecule has 0 unspecified atom stereocenters. The summed E-state index contributed by atoms with van der Waals surface area (Å²) in [6.45, 7) is 9.91. The number of anilines is 1. The van der Waals surface area contributed by atoms with Crippen LogP contribution in [-0.2, 0) is 0 Å². The van der Waals surface area contributed by atoms with Crippen LogP contribution in [0.15, 0.2) is 12.3 Å². The first kappa shape index (κ1) is 12.6. The summed E-state index contributed by atoms with van der Waals surface area (Å²) in [5.41, 5.74) is 6.71. The van der Waals surface area contributed by atoms with Crippen molar-refractivity contribution in [2.24, 2.45) is 0 Å². The summed E-state index contributed by atoms with van der Waals surface area (Å²) in [5.74, 6) is -0.0853. The zero-order valence-electron chi connectivity index (χ0n) is 10.7. The fourth-order valence-corrected chi connectivity index (χ4v) is 1.51. The first-order valence-electron chi connectivity index (χ1n) is 5.50. The molecule has 4 nitrogen and oxygen atoms in total. The Morgan fingerprint density at radius 1 is 1.44 bits per heavy atom. The zero-order chi connectivity index (χ0) is 12.5. The van der Waals surface area contributed by atoms with Gasteiger partial charge in [-0.2, -0.15) is 0 Å². The first-order valence-corrected chi connectivity index (χ1v) is 5.50. The van der Waals surface area contributed by atoms with Crippen LogP contribution in [0, 0.1) is 0 Å². The number of hydrogen-bond acceptors (Lipinski definition) is 2. The number of carbonyl (C=O) groups is 1. The minimum absolute atomic E-state index is 0.0853. The molecule has 1 aromatic heterocycles. The third-order valence-corrected chi connectivity index (χ3v) is 2.15. The Hall–Kier alpha value is -1.45. The second kappa shape index (κ2) is 4.20. The van der Waals surface area contributed by atoms with E-state index in [1.54, 1.807) is 12.3 Å². The number of hydrogen-bond donors (Lipinski definition) is 2. The Kier molecular flexibility index (Phi) is 3.31. The maximum Gasteiger partial charge on any atom is 0.268 e. The highest BCUT2D eigenvalue weighted by Gasteiger charge is 2.19. The number of rotatable bonds is 2. The molecule has 1 rings (SSSR count). The van der Waals surface area contributed by atoms with Crippen molar-refractivity contribution in [1.29, 1.82) is 0 Å². The van der Waals surface area contributed by atoms with Crippen molar-refractivity contribution in [3.63, 3.8) is 0 Å². The standard InChI is InChI=1S/C12H21N3O/c1-8(2)15-7-9(13)6-10(15)11(16)14-12(3,4)5/h6-8H,13H2,1-5H3,(H,14,16). The van der Waals surface area contributed by atoms with E-state index in [-0.39, 0.29) is 17.5 Å². The van der Waals surface area contributed by atoms with Crippen molar-refractivity contribution in [2.45, 2.75) is 46.2 Å². The largest absolute Gasteiger partial charge is 0.397 e. The Balaban J connectivity index is 2.99. The molecule has 0 radical (unpaired) electrons. The minimum atomic E-state index is -0.238. The van der Waals surface area contributed by atoms with Crippen LogP contribution < -0.4 is 11.1 Å². The van der Waals surface area contributed by atoms with Crippen LogP contribution in [0.1, 0.15) is 51.1 Å². The zero-order valence-corrected chi connectivity index (χ0v) is 10.7. The average Bonchev–Trinajstić information content (AvgIpc) is 2.44. The van der Waals surface area contributed by atoms with Gasteiger partial charge < -0.3 is 15.6 Å². The van der Waals surface area contributed by atoms with E-state index in [9.17, 15) is 4.79 Å². The summed E-state index contributed by atoms with van der Waals surface area (Å²) in [7, 11) is 0. The Labute approximate surface area is 96.8 Å². The number of nitrogens with one attached hydrogen (secondary N) is 1. The number of nitrogen functional groups attached to an aromatic ring is 1. The maximum absolute atomic E-state index is 12.0. The SMILES string of the molecule is CC(C)n1cc(N)cc1C(=O)NC(C)(C)C. The van der Waals surface area contributed by atoms with Gasteiger partial charge in [0.1, 0.15) is 5.69 Å². The molecule has 1 amide bonds. The Morgan fingerprint density at radius 2 is 2.00 bits per heavy atom.